The van der Waals surface area contributed by atoms with E-state index in [9.17, 15) is 4.55 Å². The highest BCUT2D eigenvalue weighted by Crippen LogP contribution is 1.90. The molecule has 0 fully saturated rings. The van der Waals surface area contributed by atoms with Crippen molar-refractivity contribution >= 4 is 11.5 Å². The van der Waals surface area contributed by atoms with Gasteiger partial charge >= 0.3 is 0 Å². The minimum absolute atomic E-state index is 0.587. The highest BCUT2D eigenvalue weighted by atomic mass is 32.2. The van der Waals surface area contributed by atoms with Gasteiger partial charge in [-0.3, -0.25) is 0 Å². The molecule has 0 saturated carbocycles. The Hall–Kier alpha value is 0.190. The zero-order chi connectivity index (χ0) is 8.69. The summed E-state index contributed by atoms with van der Waals surface area (Å²) >= 11 is -1.06. The van der Waals surface area contributed by atoms with Gasteiger partial charge in [-0.05, 0) is 6.92 Å². The highest BCUT2D eigenvalue weighted by molar-refractivity contribution is 7.87. The van der Waals surface area contributed by atoms with Crippen LogP contribution in [0.5, 0.6) is 0 Å². The van der Waals surface area contributed by atoms with E-state index in [2.05, 4.69) is 4.72 Å². The molecule has 0 aromatic rings. The van der Waals surface area contributed by atoms with E-state index in [0.717, 1.165) is 6.54 Å². The van der Waals surface area contributed by atoms with Crippen LogP contribution in [0.15, 0.2) is 0 Å². The molecule has 0 amide bonds. The molecule has 0 heterocycles. The zero-order valence-electron chi connectivity index (χ0n) is 7.29. The van der Waals surface area contributed by atoms with E-state index in [1.54, 1.807) is 18.5 Å². The van der Waals surface area contributed by atoms with Gasteiger partial charge in [0.2, 0.25) is 0 Å². The highest BCUT2D eigenvalue weighted by Gasteiger charge is 2.10. The minimum atomic E-state index is -1.06. The van der Waals surface area contributed by atoms with E-state index in [1.807, 2.05) is 6.92 Å². The fourth-order valence-electron chi connectivity index (χ4n) is 0.458. The predicted molar refractivity (Wildman–Crippen MR) is 46.3 cm³/mol. The summed E-state index contributed by atoms with van der Waals surface area (Å²) in [7, 11) is 3.42. The molecule has 68 valence electrons. The first-order valence-electron chi connectivity index (χ1n) is 3.57. The van der Waals surface area contributed by atoms with Crippen LogP contribution in [0.1, 0.15) is 6.92 Å². The molecule has 0 bridgehead atoms. The van der Waals surface area contributed by atoms with Gasteiger partial charge < -0.3 is 9.29 Å². The van der Waals surface area contributed by atoms with Gasteiger partial charge in [0.15, 0.2) is 0 Å². The van der Waals surface area contributed by atoms with Crippen molar-refractivity contribution in [3.63, 3.8) is 0 Å². The fourth-order valence-corrected chi connectivity index (χ4v) is 1.17. The number of rotatable bonds is 6. The van der Waals surface area contributed by atoms with Crippen molar-refractivity contribution in [3.05, 3.63) is 0 Å². The maximum atomic E-state index is 11.1. The first-order chi connectivity index (χ1) is 5.22. The Morgan fingerprint density at radius 3 is 2.73 bits per heavy atom. The summed E-state index contributed by atoms with van der Waals surface area (Å²) < 4.78 is 20.4. The lowest BCUT2D eigenvalue weighted by molar-refractivity contribution is 0.204. The average molecular weight is 180 g/mol. The molecule has 0 rings (SSSR count). The summed E-state index contributed by atoms with van der Waals surface area (Å²) in [4.78, 5) is 0. The summed E-state index contributed by atoms with van der Waals surface area (Å²) in [6.07, 6.45) is 0. The van der Waals surface area contributed by atoms with Crippen LogP contribution in [-0.4, -0.2) is 42.7 Å². The fraction of sp³-hybridized carbons (Fsp3) is 1.00. The second-order valence-corrected chi connectivity index (χ2v) is 3.49. The molecule has 0 aromatic heterocycles. The van der Waals surface area contributed by atoms with Crippen LogP contribution in [0.4, 0.5) is 0 Å². The number of methoxy groups -OCH3 is 1. The first-order valence-corrected chi connectivity index (χ1v) is 4.68. The van der Waals surface area contributed by atoms with Gasteiger partial charge in [-0.1, -0.05) is 0 Å². The van der Waals surface area contributed by atoms with Crippen molar-refractivity contribution in [2.75, 3.05) is 33.9 Å². The maximum absolute atomic E-state index is 11.1. The standard InChI is InChI=1S/C6H16N2O2S/c1-4-8(2)11(9)7-5-6-10-3/h7H,4-6H2,1-3H3. The van der Waals surface area contributed by atoms with Crippen LogP contribution in [0.25, 0.3) is 0 Å². The molecule has 0 radical (unpaired) electrons. The second-order valence-electron chi connectivity index (χ2n) is 2.08. The van der Waals surface area contributed by atoms with Gasteiger partial charge in [0.05, 0.1) is 13.2 Å². The van der Waals surface area contributed by atoms with Gasteiger partial charge in [0.25, 0.3) is 0 Å². The SMILES string of the molecule is CCN(C)[S+]([O-])NCCOC. The topological polar surface area (TPSA) is 47.6 Å². The lowest BCUT2D eigenvalue weighted by Gasteiger charge is -2.17. The van der Waals surface area contributed by atoms with Crippen LogP contribution in [0, 0.1) is 0 Å². The third-order valence-electron chi connectivity index (χ3n) is 1.26. The lowest BCUT2D eigenvalue weighted by Crippen LogP contribution is -2.39. The quantitative estimate of drug-likeness (QED) is 0.452. The third kappa shape index (κ3) is 5.46. The van der Waals surface area contributed by atoms with Gasteiger partial charge in [-0.25, -0.2) is 0 Å². The van der Waals surface area contributed by atoms with Crippen LogP contribution < -0.4 is 4.72 Å². The summed E-state index contributed by atoms with van der Waals surface area (Å²) in [6.45, 7) is 3.93. The number of nitrogens with zero attached hydrogens (tertiary/aromatic N) is 1. The van der Waals surface area contributed by atoms with E-state index in [-0.39, 0.29) is 0 Å². The van der Waals surface area contributed by atoms with Gasteiger partial charge in [-0.15, -0.1) is 9.03 Å². The van der Waals surface area contributed by atoms with Gasteiger partial charge in [-0.2, -0.15) is 0 Å². The monoisotopic (exact) mass is 180 g/mol. The minimum Gasteiger partial charge on any atom is -0.579 e. The molecule has 0 aromatic carbocycles. The van der Waals surface area contributed by atoms with Crippen molar-refractivity contribution in [1.29, 1.82) is 0 Å². The molecule has 0 saturated heterocycles. The molecule has 1 atom stereocenters. The first kappa shape index (κ1) is 11.2. The molecular formula is C6H16N2O2S. The van der Waals surface area contributed by atoms with Crippen LogP contribution >= 0.6 is 0 Å². The summed E-state index contributed by atoms with van der Waals surface area (Å²) in [5.41, 5.74) is 0. The maximum Gasteiger partial charge on any atom is 0.137 e. The zero-order valence-corrected chi connectivity index (χ0v) is 8.11. The Bertz CT molecular complexity index is 94.7. The number of hydrogen-bond donors (Lipinski definition) is 1. The van der Waals surface area contributed by atoms with Crippen LogP contribution in [0.3, 0.4) is 0 Å². The second kappa shape index (κ2) is 6.87. The molecule has 0 aliphatic heterocycles. The number of ether oxygens (including phenoxy) is 1. The molecule has 11 heavy (non-hydrogen) atoms. The largest absolute Gasteiger partial charge is 0.579 e. The Kier molecular flexibility index (Phi) is 6.99. The Morgan fingerprint density at radius 2 is 2.27 bits per heavy atom. The lowest BCUT2D eigenvalue weighted by atomic mass is 10.7. The summed E-state index contributed by atoms with van der Waals surface area (Å²) in [5.74, 6) is 0. The summed E-state index contributed by atoms with van der Waals surface area (Å²) in [6, 6.07) is 0. The average Bonchev–Trinajstić information content (AvgIpc) is 2.03. The molecule has 1 unspecified atom stereocenters. The van der Waals surface area contributed by atoms with E-state index in [0.29, 0.717) is 13.2 Å². The predicted octanol–water partition coefficient (Wildman–Crippen LogP) is -0.247. The van der Waals surface area contributed by atoms with Crippen LogP contribution in [0.2, 0.25) is 0 Å². The van der Waals surface area contributed by atoms with Crippen molar-refractivity contribution in [3.8, 4) is 0 Å². The number of hydrogen-bond acceptors (Lipinski definition) is 4. The molecule has 0 aliphatic carbocycles. The van der Waals surface area contributed by atoms with Crippen molar-refractivity contribution < 1.29 is 9.29 Å². The molecule has 5 heteroatoms. The van der Waals surface area contributed by atoms with E-state index >= 15 is 0 Å². The third-order valence-corrected chi connectivity index (χ3v) is 2.54. The van der Waals surface area contributed by atoms with Gasteiger partial charge in [0, 0.05) is 20.7 Å². The summed E-state index contributed by atoms with van der Waals surface area (Å²) in [5, 5.41) is 0. The molecule has 1 N–H and O–H groups in total. The smallest absolute Gasteiger partial charge is 0.137 e. The normalized spacial score (nSPS) is 13.9. The molecular weight excluding hydrogens is 164 g/mol. The molecule has 0 spiro atoms. The van der Waals surface area contributed by atoms with Crippen molar-refractivity contribution in [2.24, 2.45) is 0 Å². The van der Waals surface area contributed by atoms with E-state index in [1.165, 1.54) is 0 Å². The van der Waals surface area contributed by atoms with Gasteiger partial charge in [0.1, 0.15) is 11.5 Å². The molecule has 0 aliphatic rings. The van der Waals surface area contributed by atoms with Crippen molar-refractivity contribution in [1.82, 2.24) is 9.03 Å². The van der Waals surface area contributed by atoms with Crippen molar-refractivity contribution in [2.45, 2.75) is 6.92 Å². The molecule has 4 nitrogen and oxygen atoms in total. The van der Waals surface area contributed by atoms with E-state index < -0.39 is 11.5 Å². The van der Waals surface area contributed by atoms with E-state index in [4.69, 9.17) is 4.74 Å². The van der Waals surface area contributed by atoms with Crippen LogP contribution in [-0.2, 0) is 16.3 Å². The number of nitrogens with one attached hydrogen (secondary N) is 1. The Balaban J connectivity index is 3.28. The Labute approximate surface area is 71.4 Å². The Morgan fingerprint density at radius 1 is 1.64 bits per heavy atom.